The van der Waals surface area contributed by atoms with Gasteiger partial charge in [-0.05, 0) is 31.2 Å². The van der Waals surface area contributed by atoms with Crippen molar-refractivity contribution in [2.75, 3.05) is 0 Å². The fourth-order valence-electron chi connectivity index (χ4n) is 3.78. The van der Waals surface area contributed by atoms with E-state index in [1.165, 1.54) is 5.56 Å². The predicted octanol–water partition coefficient (Wildman–Crippen LogP) is 5.02. The first kappa shape index (κ1) is 16.8. The van der Waals surface area contributed by atoms with E-state index in [1.54, 1.807) is 0 Å². The molecule has 2 aromatic carbocycles. The van der Waals surface area contributed by atoms with Crippen LogP contribution in [0.15, 0.2) is 66.9 Å². The SMILES string of the molecule is O=C1CCCCC1n1cc(CCc2ccccc2)nc1-c1ccccc1. The van der Waals surface area contributed by atoms with E-state index in [2.05, 4.69) is 47.2 Å². The molecule has 1 heterocycles. The van der Waals surface area contributed by atoms with Crippen molar-refractivity contribution in [2.45, 2.75) is 44.6 Å². The Kier molecular flexibility index (Phi) is 4.96. The average Bonchev–Trinajstić information content (AvgIpc) is 3.12. The summed E-state index contributed by atoms with van der Waals surface area (Å²) in [6.07, 6.45) is 7.71. The van der Waals surface area contributed by atoms with Crippen molar-refractivity contribution in [2.24, 2.45) is 0 Å². The molecular weight excluding hydrogens is 320 g/mol. The van der Waals surface area contributed by atoms with Gasteiger partial charge in [0.25, 0.3) is 0 Å². The number of benzene rings is 2. The first-order valence-corrected chi connectivity index (χ1v) is 9.51. The van der Waals surface area contributed by atoms with E-state index < -0.39 is 0 Å². The third kappa shape index (κ3) is 3.62. The molecule has 132 valence electrons. The van der Waals surface area contributed by atoms with E-state index >= 15 is 0 Å². The number of hydrogen-bond donors (Lipinski definition) is 0. The molecule has 3 aromatic rings. The normalized spacial score (nSPS) is 17.4. The van der Waals surface area contributed by atoms with Crippen molar-refractivity contribution in [1.82, 2.24) is 9.55 Å². The summed E-state index contributed by atoms with van der Waals surface area (Å²) >= 11 is 0. The molecule has 0 spiro atoms. The number of hydrogen-bond acceptors (Lipinski definition) is 2. The van der Waals surface area contributed by atoms with Crippen LogP contribution >= 0.6 is 0 Å². The molecule has 1 aromatic heterocycles. The second kappa shape index (κ2) is 7.69. The van der Waals surface area contributed by atoms with E-state index in [4.69, 9.17) is 4.98 Å². The Labute approximate surface area is 154 Å². The van der Waals surface area contributed by atoms with E-state index in [0.29, 0.717) is 12.2 Å². The van der Waals surface area contributed by atoms with E-state index in [1.807, 2.05) is 24.3 Å². The van der Waals surface area contributed by atoms with Crippen LogP contribution in [0.5, 0.6) is 0 Å². The first-order valence-electron chi connectivity index (χ1n) is 9.51. The minimum Gasteiger partial charge on any atom is -0.320 e. The Morgan fingerprint density at radius 3 is 2.38 bits per heavy atom. The maximum atomic E-state index is 12.5. The molecule has 3 heteroatoms. The minimum absolute atomic E-state index is 0.0584. The van der Waals surface area contributed by atoms with Gasteiger partial charge in [0.1, 0.15) is 5.82 Å². The van der Waals surface area contributed by atoms with Gasteiger partial charge in [0, 0.05) is 18.2 Å². The monoisotopic (exact) mass is 344 g/mol. The molecule has 3 nitrogen and oxygen atoms in total. The zero-order chi connectivity index (χ0) is 17.8. The highest BCUT2D eigenvalue weighted by molar-refractivity contribution is 5.84. The van der Waals surface area contributed by atoms with E-state index in [0.717, 1.165) is 49.2 Å². The highest BCUT2D eigenvalue weighted by atomic mass is 16.1. The Morgan fingerprint density at radius 2 is 1.65 bits per heavy atom. The summed E-state index contributed by atoms with van der Waals surface area (Å²) in [6, 6.07) is 20.7. The van der Waals surface area contributed by atoms with E-state index in [9.17, 15) is 4.79 Å². The second-order valence-corrected chi connectivity index (χ2v) is 7.04. The molecule has 0 amide bonds. The number of rotatable bonds is 5. The largest absolute Gasteiger partial charge is 0.320 e. The van der Waals surface area contributed by atoms with Crippen molar-refractivity contribution in [1.29, 1.82) is 0 Å². The number of nitrogens with zero attached hydrogens (tertiary/aromatic N) is 2. The Morgan fingerprint density at radius 1 is 0.923 bits per heavy atom. The molecule has 26 heavy (non-hydrogen) atoms. The molecule has 0 N–H and O–H groups in total. The van der Waals surface area contributed by atoms with Crippen LogP contribution in [0.25, 0.3) is 11.4 Å². The zero-order valence-electron chi connectivity index (χ0n) is 15.0. The highest BCUT2D eigenvalue weighted by Gasteiger charge is 2.26. The number of Topliss-reactive ketones (excluding diaryl/α,β-unsaturated/α-hetero) is 1. The summed E-state index contributed by atoms with van der Waals surface area (Å²) in [6.45, 7) is 0. The van der Waals surface area contributed by atoms with Crippen molar-refractivity contribution < 1.29 is 4.79 Å². The number of imidazole rings is 1. The van der Waals surface area contributed by atoms with Gasteiger partial charge >= 0.3 is 0 Å². The quantitative estimate of drug-likeness (QED) is 0.651. The van der Waals surface area contributed by atoms with Crippen molar-refractivity contribution in [3.05, 3.63) is 78.1 Å². The summed E-state index contributed by atoms with van der Waals surface area (Å²) in [5.74, 6) is 1.27. The fraction of sp³-hybridized carbons (Fsp3) is 0.304. The van der Waals surface area contributed by atoms with Gasteiger partial charge in [-0.2, -0.15) is 0 Å². The molecule has 1 unspecified atom stereocenters. The summed E-state index contributed by atoms with van der Waals surface area (Å²) < 4.78 is 2.14. The molecule has 0 aliphatic heterocycles. The molecule has 1 saturated carbocycles. The lowest BCUT2D eigenvalue weighted by atomic mass is 9.93. The van der Waals surface area contributed by atoms with Gasteiger partial charge in [-0.25, -0.2) is 4.98 Å². The number of aryl methyl sites for hydroxylation is 2. The molecule has 1 atom stereocenters. The average molecular weight is 344 g/mol. The summed E-state index contributed by atoms with van der Waals surface area (Å²) in [5, 5.41) is 0. The van der Waals surface area contributed by atoms with Crippen LogP contribution in [0.4, 0.5) is 0 Å². The Bertz CT molecular complexity index is 868. The maximum Gasteiger partial charge on any atom is 0.155 e. The molecule has 1 aliphatic rings. The smallest absolute Gasteiger partial charge is 0.155 e. The van der Waals surface area contributed by atoms with Crippen LogP contribution in [0.1, 0.15) is 43.0 Å². The third-order valence-electron chi connectivity index (χ3n) is 5.18. The van der Waals surface area contributed by atoms with Gasteiger partial charge in [-0.3, -0.25) is 4.79 Å². The van der Waals surface area contributed by atoms with Gasteiger partial charge in [0.15, 0.2) is 5.78 Å². The van der Waals surface area contributed by atoms with Gasteiger partial charge < -0.3 is 4.57 Å². The molecule has 0 radical (unpaired) electrons. The Balaban J connectivity index is 1.65. The van der Waals surface area contributed by atoms with Crippen molar-refractivity contribution >= 4 is 5.78 Å². The van der Waals surface area contributed by atoms with Crippen LogP contribution in [0.3, 0.4) is 0 Å². The minimum atomic E-state index is -0.0584. The molecule has 0 bridgehead atoms. The molecule has 1 aliphatic carbocycles. The zero-order valence-corrected chi connectivity index (χ0v) is 15.0. The lowest BCUT2D eigenvalue weighted by molar-refractivity contribution is -0.123. The molecule has 0 saturated heterocycles. The van der Waals surface area contributed by atoms with Crippen LogP contribution in [0, 0.1) is 0 Å². The van der Waals surface area contributed by atoms with Crippen LogP contribution < -0.4 is 0 Å². The van der Waals surface area contributed by atoms with Gasteiger partial charge in [0.05, 0.1) is 11.7 Å². The van der Waals surface area contributed by atoms with Crippen LogP contribution in [-0.4, -0.2) is 15.3 Å². The van der Waals surface area contributed by atoms with Crippen LogP contribution in [-0.2, 0) is 17.6 Å². The second-order valence-electron chi connectivity index (χ2n) is 7.04. The van der Waals surface area contributed by atoms with Crippen molar-refractivity contribution in [3.63, 3.8) is 0 Å². The Hall–Kier alpha value is -2.68. The number of aromatic nitrogens is 2. The number of carbonyl (C=O) groups is 1. The molecule has 4 rings (SSSR count). The van der Waals surface area contributed by atoms with Crippen molar-refractivity contribution in [3.8, 4) is 11.4 Å². The van der Waals surface area contributed by atoms with E-state index in [-0.39, 0.29) is 6.04 Å². The predicted molar refractivity (Wildman–Crippen MR) is 104 cm³/mol. The lowest BCUT2D eigenvalue weighted by Crippen LogP contribution is -2.23. The van der Waals surface area contributed by atoms with Gasteiger partial charge in [-0.1, -0.05) is 67.1 Å². The lowest BCUT2D eigenvalue weighted by Gasteiger charge is -2.23. The molecular formula is C23H24N2O. The van der Waals surface area contributed by atoms with Crippen LogP contribution in [0.2, 0.25) is 0 Å². The molecule has 1 fully saturated rings. The standard InChI is InChI=1S/C23H24N2O/c26-22-14-8-7-13-21(22)25-17-20(16-15-18-9-3-1-4-10-18)24-23(25)19-11-5-2-6-12-19/h1-6,9-12,17,21H,7-8,13-16H2. The summed E-state index contributed by atoms with van der Waals surface area (Å²) in [5.41, 5.74) is 3.46. The fourth-order valence-corrected chi connectivity index (χ4v) is 3.78. The van der Waals surface area contributed by atoms with Gasteiger partial charge in [0.2, 0.25) is 0 Å². The van der Waals surface area contributed by atoms with Gasteiger partial charge in [-0.15, -0.1) is 0 Å². The number of ketones is 1. The third-order valence-corrected chi connectivity index (χ3v) is 5.18. The first-order chi connectivity index (χ1) is 12.8. The topological polar surface area (TPSA) is 34.9 Å². The number of carbonyl (C=O) groups excluding carboxylic acids is 1. The summed E-state index contributed by atoms with van der Waals surface area (Å²) in [7, 11) is 0. The summed E-state index contributed by atoms with van der Waals surface area (Å²) in [4.78, 5) is 17.4. The maximum absolute atomic E-state index is 12.5. The highest BCUT2D eigenvalue weighted by Crippen LogP contribution is 2.30.